The predicted molar refractivity (Wildman–Crippen MR) is 123 cm³/mol. The number of carbonyl (C=O) groups excluding carboxylic acids is 2. The number of carbonyl (C=O) groups is 2. The number of ketones is 1. The van der Waals surface area contributed by atoms with Gasteiger partial charge in [0.25, 0.3) is 0 Å². The van der Waals surface area contributed by atoms with E-state index in [1.807, 2.05) is 18.2 Å². The van der Waals surface area contributed by atoms with Crippen molar-refractivity contribution < 1.29 is 19.1 Å². The summed E-state index contributed by atoms with van der Waals surface area (Å²) in [6.45, 7) is 3.06. The topological polar surface area (TPSA) is 80.4 Å². The lowest BCUT2D eigenvalue weighted by Gasteiger charge is -2.33. The number of nitrogens with one attached hydrogen (secondary N) is 2. The maximum atomic E-state index is 13.2. The van der Waals surface area contributed by atoms with Crippen LogP contribution >= 0.6 is 12.4 Å². The fraction of sp³-hybridized carbons (Fsp3) is 0.583. The molecule has 0 spiro atoms. The van der Waals surface area contributed by atoms with Crippen LogP contribution in [0.15, 0.2) is 24.3 Å². The Hall–Kier alpha value is -1.89. The summed E-state index contributed by atoms with van der Waals surface area (Å²) in [4.78, 5) is 28.2. The van der Waals surface area contributed by atoms with Crippen molar-refractivity contribution in [3.8, 4) is 0 Å². The molecule has 1 aromatic heterocycles. The van der Waals surface area contributed by atoms with Gasteiger partial charge in [0.2, 0.25) is 0 Å². The van der Waals surface area contributed by atoms with Crippen LogP contribution in [0.25, 0.3) is 10.9 Å². The quantitative estimate of drug-likeness (QED) is 0.624. The zero-order chi connectivity index (χ0) is 21.1. The fourth-order valence-electron chi connectivity index (χ4n) is 5.26. The highest BCUT2D eigenvalue weighted by atomic mass is 35.5. The molecule has 0 unspecified atom stereocenters. The van der Waals surface area contributed by atoms with Crippen molar-refractivity contribution in [2.75, 3.05) is 20.3 Å². The van der Waals surface area contributed by atoms with E-state index in [-0.39, 0.29) is 30.2 Å². The molecule has 2 heterocycles. The third kappa shape index (κ3) is 5.30. The number of halogens is 1. The number of aromatic amines is 1. The number of esters is 1. The highest BCUT2D eigenvalue weighted by Crippen LogP contribution is 2.37. The lowest BCUT2D eigenvalue weighted by molar-refractivity contribution is -0.121. The van der Waals surface area contributed by atoms with E-state index >= 15 is 0 Å². The van der Waals surface area contributed by atoms with Gasteiger partial charge < -0.3 is 19.8 Å². The third-order valence-corrected chi connectivity index (χ3v) is 6.83. The molecule has 1 aromatic carbocycles. The lowest BCUT2D eigenvalue weighted by atomic mass is 9.74. The first-order valence-electron chi connectivity index (χ1n) is 11.2. The van der Waals surface area contributed by atoms with Gasteiger partial charge in [-0.2, -0.15) is 0 Å². The number of rotatable bonds is 7. The number of hydrogen-bond acceptors (Lipinski definition) is 5. The van der Waals surface area contributed by atoms with E-state index < -0.39 is 0 Å². The first-order chi connectivity index (χ1) is 14.6. The van der Waals surface area contributed by atoms with Gasteiger partial charge in [0.1, 0.15) is 5.69 Å². The van der Waals surface area contributed by atoms with Crippen molar-refractivity contribution in [1.29, 1.82) is 0 Å². The maximum Gasteiger partial charge on any atom is 0.354 e. The van der Waals surface area contributed by atoms with Crippen LogP contribution in [-0.2, 0) is 20.7 Å². The first kappa shape index (κ1) is 23.8. The summed E-state index contributed by atoms with van der Waals surface area (Å²) in [5, 5.41) is 4.40. The number of benzene rings is 1. The Labute approximate surface area is 189 Å². The molecular formula is C24H33ClN2O4. The standard InChI is InChI=1S/C24H32N2O4.ClH/c1-3-30-24(28)21-14-17-12-15(4-9-20(17)26-21)13-22(27)23-19(10-11-25-23)16-5-7-18(29-2)8-6-16;/h4,9,12,14,16,18-19,23,25-26H,3,5-8,10-11,13H2,1-2H3;1H/t16?,18?,19-,23-;/m0./s1. The number of ether oxygens (including phenoxy) is 2. The fourth-order valence-corrected chi connectivity index (χ4v) is 5.26. The van der Waals surface area contributed by atoms with Crippen molar-refractivity contribution in [1.82, 2.24) is 10.3 Å². The van der Waals surface area contributed by atoms with Crippen LogP contribution in [0.3, 0.4) is 0 Å². The van der Waals surface area contributed by atoms with Crippen LogP contribution in [0.1, 0.15) is 55.1 Å². The van der Waals surface area contributed by atoms with Crippen LogP contribution in [0, 0.1) is 11.8 Å². The molecule has 2 fully saturated rings. The van der Waals surface area contributed by atoms with Gasteiger partial charge in [0, 0.05) is 24.4 Å². The van der Waals surface area contributed by atoms with E-state index in [4.69, 9.17) is 9.47 Å². The second-order valence-electron chi connectivity index (χ2n) is 8.62. The minimum absolute atomic E-state index is 0. The zero-order valence-corrected chi connectivity index (χ0v) is 19.1. The van der Waals surface area contributed by atoms with E-state index in [1.165, 1.54) is 0 Å². The predicted octanol–water partition coefficient (Wildman–Crippen LogP) is 4.06. The number of H-pyrrole nitrogens is 1. The molecule has 31 heavy (non-hydrogen) atoms. The highest BCUT2D eigenvalue weighted by molar-refractivity contribution is 5.95. The van der Waals surface area contributed by atoms with Gasteiger partial charge in [-0.1, -0.05) is 6.07 Å². The monoisotopic (exact) mass is 448 g/mol. The second-order valence-corrected chi connectivity index (χ2v) is 8.62. The van der Waals surface area contributed by atoms with Crippen LogP contribution < -0.4 is 5.32 Å². The Kier molecular flexibility index (Phi) is 8.14. The van der Waals surface area contributed by atoms with Gasteiger partial charge >= 0.3 is 5.97 Å². The van der Waals surface area contributed by atoms with E-state index in [0.717, 1.165) is 55.1 Å². The van der Waals surface area contributed by atoms with Gasteiger partial charge in [-0.25, -0.2) is 4.79 Å². The van der Waals surface area contributed by atoms with Crippen LogP contribution in [0.4, 0.5) is 0 Å². The van der Waals surface area contributed by atoms with Gasteiger partial charge in [-0.15, -0.1) is 12.4 Å². The SMILES string of the molecule is CCOC(=O)c1cc2cc(CC(=O)[C@H]3NCC[C@H]3C3CCC(OC)CC3)ccc2[nH]1.Cl. The van der Waals surface area contributed by atoms with Gasteiger partial charge in [-0.05, 0) is 81.2 Å². The Morgan fingerprint density at radius 2 is 1.87 bits per heavy atom. The molecule has 170 valence electrons. The summed E-state index contributed by atoms with van der Waals surface area (Å²) in [6.07, 6.45) is 6.39. The average Bonchev–Trinajstić information content (AvgIpc) is 3.41. The molecule has 1 aliphatic carbocycles. The summed E-state index contributed by atoms with van der Waals surface area (Å²) in [5.74, 6) is 0.959. The smallest absolute Gasteiger partial charge is 0.354 e. The van der Waals surface area contributed by atoms with E-state index in [2.05, 4.69) is 10.3 Å². The van der Waals surface area contributed by atoms with Gasteiger partial charge in [0.15, 0.2) is 5.78 Å². The molecule has 2 aliphatic rings. The van der Waals surface area contributed by atoms with Gasteiger partial charge in [0.05, 0.1) is 18.8 Å². The summed E-state index contributed by atoms with van der Waals surface area (Å²) in [7, 11) is 1.80. The van der Waals surface area contributed by atoms with E-state index in [9.17, 15) is 9.59 Å². The zero-order valence-electron chi connectivity index (χ0n) is 18.3. The second kappa shape index (κ2) is 10.6. The van der Waals surface area contributed by atoms with Gasteiger partial charge in [-0.3, -0.25) is 4.79 Å². The molecule has 0 amide bonds. The Balaban J connectivity index is 0.00000272. The number of methoxy groups -OCH3 is 1. The van der Waals surface area contributed by atoms with Crippen molar-refractivity contribution in [2.45, 2.75) is 57.6 Å². The summed E-state index contributed by atoms with van der Waals surface area (Å²) < 4.78 is 10.6. The molecule has 2 atom stereocenters. The molecule has 2 aromatic rings. The summed E-state index contributed by atoms with van der Waals surface area (Å²) >= 11 is 0. The number of aromatic nitrogens is 1. The molecule has 6 nitrogen and oxygen atoms in total. The third-order valence-electron chi connectivity index (χ3n) is 6.83. The molecule has 1 saturated carbocycles. The Morgan fingerprint density at radius 3 is 2.58 bits per heavy atom. The number of hydrogen-bond donors (Lipinski definition) is 2. The maximum absolute atomic E-state index is 13.2. The van der Waals surface area contributed by atoms with Crippen molar-refractivity contribution in [2.24, 2.45) is 11.8 Å². The molecule has 7 heteroatoms. The molecule has 1 saturated heterocycles. The van der Waals surface area contributed by atoms with Crippen molar-refractivity contribution >= 4 is 35.1 Å². The normalized spacial score (nSPS) is 25.9. The van der Waals surface area contributed by atoms with Crippen molar-refractivity contribution in [3.05, 3.63) is 35.5 Å². The molecule has 0 radical (unpaired) electrons. The highest BCUT2D eigenvalue weighted by Gasteiger charge is 2.38. The molecule has 1 aliphatic heterocycles. The minimum Gasteiger partial charge on any atom is -0.461 e. The van der Waals surface area contributed by atoms with Crippen LogP contribution in [-0.4, -0.2) is 49.1 Å². The number of fused-ring (bicyclic) bond motifs is 1. The Morgan fingerprint density at radius 1 is 1.10 bits per heavy atom. The molecule has 0 bridgehead atoms. The molecule has 2 N–H and O–H groups in total. The largest absolute Gasteiger partial charge is 0.461 e. The Bertz CT molecular complexity index is 904. The van der Waals surface area contributed by atoms with Crippen molar-refractivity contribution in [3.63, 3.8) is 0 Å². The van der Waals surface area contributed by atoms with E-state index in [1.54, 1.807) is 20.1 Å². The lowest BCUT2D eigenvalue weighted by Crippen LogP contribution is -2.40. The van der Waals surface area contributed by atoms with E-state index in [0.29, 0.717) is 36.7 Å². The minimum atomic E-state index is -0.354. The van der Waals surface area contributed by atoms with Crippen LogP contribution in [0.5, 0.6) is 0 Å². The molecular weight excluding hydrogens is 416 g/mol. The number of Topliss-reactive ketones (excluding diaryl/α,β-unsaturated/α-hetero) is 1. The van der Waals surface area contributed by atoms with Crippen LogP contribution in [0.2, 0.25) is 0 Å². The summed E-state index contributed by atoms with van der Waals surface area (Å²) in [6, 6.07) is 7.66. The summed E-state index contributed by atoms with van der Waals surface area (Å²) in [5.41, 5.74) is 2.30. The average molecular weight is 449 g/mol. The first-order valence-corrected chi connectivity index (χ1v) is 11.2. The molecule has 4 rings (SSSR count).